The molecule has 5 heteroatoms. The molecule has 152 valence electrons. The van der Waals surface area contributed by atoms with Gasteiger partial charge in [-0.2, -0.15) is 0 Å². The molecule has 1 amide bonds. The Hall–Kier alpha value is -1.88. The van der Waals surface area contributed by atoms with E-state index in [0.717, 1.165) is 30.4 Å². The Bertz CT molecular complexity index is 542. The average molecular weight is 378 g/mol. The van der Waals surface area contributed by atoms with Crippen LogP contribution >= 0.6 is 0 Å². The summed E-state index contributed by atoms with van der Waals surface area (Å²) in [4.78, 5) is 23.7. The Kier molecular flexibility index (Phi) is 12.2. The molecule has 1 atom stereocenters. The molecule has 0 heterocycles. The number of ether oxygens (including phenoxy) is 2. The molecule has 0 radical (unpaired) electrons. The molecule has 1 aromatic rings. The van der Waals surface area contributed by atoms with Gasteiger partial charge in [0.2, 0.25) is 5.91 Å². The van der Waals surface area contributed by atoms with Gasteiger partial charge in [-0.15, -0.1) is 0 Å². The molecule has 5 nitrogen and oxygen atoms in total. The first-order chi connectivity index (χ1) is 13.1. The first kappa shape index (κ1) is 23.2. The Morgan fingerprint density at radius 2 is 1.67 bits per heavy atom. The Morgan fingerprint density at radius 3 is 2.30 bits per heavy atom. The zero-order valence-electron chi connectivity index (χ0n) is 17.1. The molecule has 1 N–H and O–H groups in total. The average Bonchev–Trinajstić information content (AvgIpc) is 2.66. The number of unbranched alkanes of at least 4 members (excludes halogenated alkanes) is 3. The van der Waals surface area contributed by atoms with Crippen molar-refractivity contribution in [3.05, 3.63) is 35.4 Å². The van der Waals surface area contributed by atoms with Crippen molar-refractivity contribution in [2.24, 2.45) is 0 Å². The van der Waals surface area contributed by atoms with E-state index >= 15 is 0 Å². The number of hydrogen-bond acceptors (Lipinski definition) is 4. The number of rotatable bonds is 14. The van der Waals surface area contributed by atoms with Crippen molar-refractivity contribution in [2.75, 3.05) is 19.8 Å². The number of hydrogen-bond donors (Lipinski definition) is 1. The quantitative estimate of drug-likeness (QED) is 0.395. The molecule has 27 heavy (non-hydrogen) atoms. The summed E-state index contributed by atoms with van der Waals surface area (Å²) >= 11 is 0. The van der Waals surface area contributed by atoms with Gasteiger partial charge in [-0.05, 0) is 37.8 Å². The van der Waals surface area contributed by atoms with Crippen LogP contribution in [0.4, 0.5) is 0 Å². The van der Waals surface area contributed by atoms with E-state index in [4.69, 9.17) is 9.47 Å². The lowest BCUT2D eigenvalue weighted by molar-refractivity contribution is -0.156. The van der Waals surface area contributed by atoms with E-state index < -0.39 is 6.10 Å². The van der Waals surface area contributed by atoms with Crippen LogP contribution in [-0.4, -0.2) is 37.7 Å². The monoisotopic (exact) mass is 377 g/mol. The summed E-state index contributed by atoms with van der Waals surface area (Å²) < 4.78 is 10.6. The zero-order valence-corrected chi connectivity index (χ0v) is 17.1. The number of esters is 1. The summed E-state index contributed by atoms with van der Waals surface area (Å²) in [6.07, 6.45) is 5.83. The SMILES string of the molecule is CCCCCCC(=O)NCCc1ccc(C[C@H](OCC)C(=O)OCC)cc1. The van der Waals surface area contributed by atoms with Gasteiger partial charge in [0.05, 0.1) is 6.61 Å². The van der Waals surface area contributed by atoms with E-state index in [-0.39, 0.29) is 11.9 Å². The van der Waals surface area contributed by atoms with Crippen molar-refractivity contribution in [1.82, 2.24) is 5.32 Å². The topological polar surface area (TPSA) is 64.6 Å². The lowest BCUT2D eigenvalue weighted by Crippen LogP contribution is -2.29. The van der Waals surface area contributed by atoms with E-state index in [2.05, 4.69) is 12.2 Å². The summed E-state index contributed by atoms with van der Waals surface area (Å²) in [6, 6.07) is 8.09. The Morgan fingerprint density at radius 1 is 0.963 bits per heavy atom. The highest BCUT2D eigenvalue weighted by Crippen LogP contribution is 2.11. The molecule has 0 spiro atoms. The Balaban J connectivity index is 2.38. The summed E-state index contributed by atoms with van der Waals surface area (Å²) in [7, 11) is 0. The molecule has 1 rings (SSSR count). The molecule has 0 aliphatic rings. The van der Waals surface area contributed by atoms with Gasteiger partial charge in [-0.25, -0.2) is 4.79 Å². The molecule has 0 saturated heterocycles. The third kappa shape index (κ3) is 10.1. The molecule has 0 fully saturated rings. The standard InChI is InChI=1S/C22H35NO4/c1-4-7-8-9-10-21(24)23-16-15-18-11-13-19(14-12-18)17-20(26-5-2)22(25)27-6-3/h11-14,20H,4-10,15-17H2,1-3H3,(H,23,24)/t20-/m0/s1. The first-order valence-corrected chi connectivity index (χ1v) is 10.2. The van der Waals surface area contributed by atoms with Crippen molar-refractivity contribution in [3.63, 3.8) is 0 Å². The van der Waals surface area contributed by atoms with Crippen LogP contribution in [0.15, 0.2) is 24.3 Å². The smallest absolute Gasteiger partial charge is 0.335 e. The molecule has 0 aliphatic carbocycles. The van der Waals surface area contributed by atoms with Gasteiger partial charge in [0.1, 0.15) is 0 Å². The lowest BCUT2D eigenvalue weighted by Gasteiger charge is -2.15. The third-order valence-electron chi connectivity index (χ3n) is 4.35. The van der Waals surface area contributed by atoms with Gasteiger partial charge in [0, 0.05) is 26.0 Å². The molecule has 0 saturated carbocycles. The van der Waals surface area contributed by atoms with Crippen LogP contribution in [-0.2, 0) is 31.9 Å². The van der Waals surface area contributed by atoms with E-state index in [1.54, 1.807) is 6.92 Å². The molecule has 0 aliphatic heterocycles. The fourth-order valence-corrected chi connectivity index (χ4v) is 2.85. The molecule has 1 aromatic carbocycles. The second-order valence-electron chi connectivity index (χ2n) is 6.63. The van der Waals surface area contributed by atoms with E-state index in [0.29, 0.717) is 32.6 Å². The molecule has 0 bridgehead atoms. The predicted octanol–water partition coefficient (Wildman–Crippen LogP) is 3.83. The van der Waals surface area contributed by atoms with Crippen LogP contribution in [0, 0.1) is 0 Å². The van der Waals surface area contributed by atoms with Crippen LogP contribution in [0.3, 0.4) is 0 Å². The van der Waals surface area contributed by atoms with Gasteiger partial charge in [0.25, 0.3) is 0 Å². The van der Waals surface area contributed by atoms with Crippen molar-refractivity contribution >= 4 is 11.9 Å². The van der Waals surface area contributed by atoms with Crippen LogP contribution in [0.2, 0.25) is 0 Å². The zero-order chi connectivity index (χ0) is 19.9. The van der Waals surface area contributed by atoms with Gasteiger partial charge < -0.3 is 14.8 Å². The number of carbonyl (C=O) groups excluding carboxylic acids is 2. The largest absolute Gasteiger partial charge is 0.464 e. The van der Waals surface area contributed by atoms with Gasteiger partial charge in [-0.1, -0.05) is 50.5 Å². The van der Waals surface area contributed by atoms with Crippen molar-refractivity contribution in [3.8, 4) is 0 Å². The maximum atomic E-state index is 11.9. The summed E-state index contributed by atoms with van der Waals surface area (Å²) in [5, 5.41) is 2.98. The van der Waals surface area contributed by atoms with Gasteiger partial charge >= 0.3 is 5.97 Å². The number of benzene rings is 1. The Labute approximate surface area is 163 Å². The fraction of sp³-hybridized carbons (Fsp3) is 0.636. The third-order valence-corrected chi connectivity index (χ3v) is 4.35. The minimum atomic E-state index is -0.562. The molecule has 0 aromatic heterocycles. The minimum Gasteiger partial charge on any atom is -0.464 e. The second kappa shape index (κ2) is 14.2. The summed E-state index contributed by atoms with van der Waals surface area (Å²) in [5.41, 5.74) is 2.19. The number of amides is 1. The van der Waals surface area contributed by atoms with Crippen LogP contribution in [0.5, 0.6) is 0 Å². The maximum absolute atomic E-state index is 11.9. The highest BCUT2D eigenvalue weighted by Gasteiger charge is 2.20. The summed E-state index contributed by atoms with van der Waals surface area (Å²) in [5.74, 6) is -0.179. The predicted molar refractivity (Wildman–Crippen MR) is 108 cm³/mol. The minimum absolute atomic E-state index is 0.136. The number of nitrogens with one attached hydrogen (secondary N) is 1. The second-order valence-corrected chi connectivity index (χ2v) is 6.63. The van der Waals surface area contributed by atoms with Gasteiger partial charge in [0.15, 0.2) is 6.10 Å². The summed E-state index contributed by atoms with van der Waals surface area (Å²) in [6.45, 7) is 7.30. The van der Waals surface area contributed by atoms with Gasteiger partial charge in [-0.3, -0.25) is 4.79 Å². The van der Waals surface area contributed by atoms with Crippen LogP contribution in [0.25, 0.3) is 0 Å². The molecule has 0 unspecified atom stereocenters. The first-order valence-electron chi connectivity index (χ1n) is 10.2. The van der Waals surface area contributed by atoms with E-state index in [1.807, 2.05) is 31.2 Å². The van der Waals surface area contributed by atoms with E-state index in [1.165, 1.54) is 12.8 Å². The van der Waals surface area contributed by atoms with Crippen molar-refractivity contribution < 1.29 is 19.1 Å². The lowest BCUT2D eigenvalue weighted by atomic mass is 10.0. The van der Waals surface area contributed by atoms with Crippen LogP contribution in [0.1, 0.15) is 64.0 Å². The van der Waals surface area contributed by atoms with E-state index in [9.17, 15) is 9.59 Å². The molecular formula is C22H35NO4. The molecular weight excluding hydrogens is 342 g/mol. The van der Waals surface area contributed by atoms with Crippen molar-refractivity contribution in [1.29, 1.82) is 0 Å². The fourth-order valence-electron chi connectivity index (χ4n) is 2.85. The van der Waals surface area contributed by atoms with Crippen molar-refractivity contribution in [2.45, 2.75) is 71.8 Å². The van der Waals surface area contributed by atoms with Crippen LogP contribution < -0.4 is 5.32 Å². The highest BCUT2D eigenvalue weighted by molar-refractivity contribution is 5.76. The number of carbonyl (C=O) groups is 2. The maximum Gasteiger partial charge on any atom is 0.335 e. The normalized spacial score (nSPS) is 11.8. The highest BCUT2D eigenvalue weighted by atomic mass is 16.6.